The number of hydrogen-bond donors (Lipinski definition) is 2. The van der Waals surface area contributed by atoms with E-state index >= 15 is 0 Å². The predicted molar refractivity (Wildman–Crippen MR) is 148 cm³/mol. The van der Waals surface area contributed by atoms with Crippen LogP contribution in [0.3, 0.4) is 0 Å². The fraction of sp³-hybridized carbons (Fsp3) is 0.286. The van der Waals surface area contributed by atoms with Gasteiger partial charge in [-0.25, -0.2) is 0 Å². The number of anilines is 1. The highest BCUT2D eigenvalue weighted by Gasteiger charge is 2.13. The third-order valence-corrected chi connectivity index (χ3v) is 5.86. The maximum atomic E-state index is 12.7. The first-order chi connectivity index (χ1) is 17.3. The number of hydrogen-bond acceptors (Lipinski definition) is 5. The summed E-state index contributed by atoms with van der Waals surface area (Å²) in [6.07, 6.45) is 3.45. The molecule has 0 fully saturated rings. The fourth-order valence-corrected chi connectivity index (χ4v) is 4.01. The molecule has 2 N–H and O–H groups in total. The van der Waals surface area contributed by atoms with Crippen molar-refractivity contribution in [3.05, 3.63) is 77.4 Å². The lowest BCUT2D eigenvalue weighted by molar-refractivity contribution is 0.0977. The van der Waals surface area contributed by atoms with Crippen LogP contribution in [0.1, 0.15) is 55.1 Å². The summed E-state index contributed by atoms with van der Waals surface area (Å²) in [5.74, 6) is 0.324. The second-order valence-corrected chi connectivity index (χ2v) is 9.43. The van der Waals surface area contributed by atoms with E-state index in [1.54, 1.807) is 23.0 Å². The van der Waals surface area contributed by atoms with Crippen LogP contribution in [0.15, 0.2) is 60.7 Å². The molecule has 4 rings (SSSR count). The molecular formula is C28H31N5O2S. The third kappa shape index (κ3) is 6.26. The number of rotatable bonds is 8. The van der Waals surface area contributed by atoms with Gasteiger partial charge in [-0.05, 0) is 99.4 Å². The highest BCUT2D eigenvalue weighted by molar-refractivity contribution is 7.80. The SMILES string of the molecule is CCCCc1ccc(-n2nc3cc(C)c(NC(=S)NC(=O)c4cccc(OC(C)C)c4)cc3n2)cc1. The van der Waals surface area contributed by atoms with Gasteiger partial charge < -0.3 is 10.1 Å². The fourth-order valence-electron chi connectivity index (χ4n) is 3.81. The molecule has 0 aliphatic heterocycles. The van der Waals surface area contributed by atoms with Crippen LogP contribution in [-0.4, -0.2) is 32.1 Å². The van der Waals surface area contributed by atoms with E-state index in [4.69, 9.17) is 17.0 Å². The van der Waals surface area contributed by atoms with Gasteiger partial charge in [0.15, 0.2) is 5.11 Å². The molecule has 0 bridgehead atoms. The minimum Gasteiger partial charge on any atom is -0.491 e. The van der Waals surface area contributed by atoms with Crippen molar-refractivity contribution in [3.63, 3.8) is 0 Å². The van der Waals surface area contributed by atoms with E-state index in [1.165, 1.54) is 18.4 Å². The average Bonchev–Trinajstić information content (AvgIpc) is 3.25. The zero-order valence-corrected chi connectivity index (χ0v) is 21.9. The van der Waals surface area contributed by atoms with E-state index in [0.717, 1.165) is 34.4 Å². The summed E-state index contributed by atoms with van der Waals surface area (Å²) < 4.78 is 5.67. The largest absolute Gasteiger partial charge is 0.491 e. The van der Waals surface area contributed by atoms with E-state index in [1.807, 2.05) is 51.1 Å². The highest BCUT2D eigenvalue weighted by Crippen LogP contribution is 2.23. The first kappa shape index (κ1) is 25.3. The smallest absolute Gasteiger partial charge is 0.257 e. The van der Waals surface area contributed by atoms with Gasteiger partial charge >= 0.3 is 0 Å². The number of carbonyl (C=O) groups is 1. The average molecular weight is 502 g/mol. The first-order valence-corrected chi connectivity index (χ1v) is 12.6. The Kier molecular flexibility index (Phi) is 7.95. The zero-order valence-electron chi connectivity index (χ0n) is 21.0. The van der Waals surface area contributed by atoms with Crippen molar-refractivity contribution >= 4 is 40.0 Å². The van der Waals surface area contributed by atoms with Gasteiger partial charge in [0.25, 0.3) is 5.91 Å². The Morgan fingerprint density at radius 1 is 1.06 bits per heavy atom. The molecule has 186 valence electrons. The molecule has 4 aromatic rings. The number of fused-ring (bicyclic) bond motifs is 1. The Bertz CT molecular complexity index is 1380. The Labute approximate surface area is 216 Å². The summed E-state index contributed by atoms with van der Waals surface area (Å²) in [6.45, 7) is 8.03. The van der Waals surface area contributed by atoms with Crippen LogP contribution >= 0.6 is 12.2 Å². The maximum absolute atomic E-state index is 12.7. The Morgan fingerprint density at radius 2 is 1.78 bits per heavy atom. The minimum atomic E-state index is -0.311. The van der Waals surface area contributed by atoms with E-state index in [9.17, 15) is 4.79 Å². The van der Waals surface area contributed by atoms with Crippen molar-refractivity contribution in [1.29, 1.82) is 0 Å². The standard InChI is InChI=1S/C28H31N5O2S/c1-5-6-8-20-11-13-22(14-12-20)33-31-25-15-19(4)24(17-26(25)32-33)29-28(36)30-27(34)21-9-7-10-23(16-21)35-18(2)3/h7,9-18H,5-6,8H2,1-4H3,(H2,29,30,34,36). The number of aryl methyl sites for hydroxylation is 2. The molecule has 8 heteroatoms. The molecule has 7 nitrogen and oxygen atoms in total. The van der Waals surface area contributed by atoms with Crippen molar-refractivity contribution in [2.75, 3.05) is 5.32 Å². The summed E-state index contributed by atoms with van der Waals surface area (Å²) in [6, 6.07) is 19.2. The lowest BCUT2D eigenvalue weighted by Gasteiger charge is -2.13. The molecule has 0 saturated heterocycles. The lowest BCUT2D eigenvalue weighted by Crippen LogP contribution is -2.34. The molecule has 3 aromatic carbocycles. The van der Waals surface area contributed by atoms with E-state index < -0.39 is 0 Å². The molecule has 0 unspecified atom stereocenters. The normalized spacial score (nSPS) is 11.0. The maximum Gasteiger partial charge on any atom is 0.257 e. The monoisotopic (exact) mass is 501 g/mol. The molecule has 0 spiro atoms. The van der Waals surface area contributed by atoms with Crippen LogP contribution in [0, 0.1) is 6.92 Å². The van der Waals surface area contributed by atoms with Crippen LogP contribution < -0.4 is 15.4 Å². The Morgan fingerprint density at radius 3 is 2.47 bits per heavy atom. The molecule has 36 heavy (non-hydrogen) atoms. The van der Waals surface area contributed by atoms with Gasteiger partial charge in [0.1, 0.15) is 16.8 Å². The Hall–Kier alpha value is -3.78. The number of nitrogens with zero attached hydrogens (tertiary/aromatic N) is 3. The number of unbranched alkanes of at least 4 members (excludes halogenated alkanes) is 1. The molecule has 1 amide bonds. The molecule has 0 aliphatic carbocycles. The number of benzene rings is 3. The van der Waals surface area contributed by atoms with Gasteiger partial charge in [-0.1, -0.05) is 31.5 Å². The second-order valence-electron chi connectivity index (χ2n) is 9.02. The van der Waals surface area contributed by atoms with Crippen LogP contribution in [0.4, 0.5) is 5.69 Å². The van der Waals surface area contributed by atoms with Crippen molar-refractivity contribution < 1.29 is 9.53 Å². The van der Waals surface area contributed by atoms with Gasteiger partial charge in [0, 0.05) is 11.3 Å². The molecule has 1 aromatic heterocycles. The van der Waals surface area contributed by atoms with E-state index in [2.05, 4.69) is 39.9 Å². The molecule has 1 heterocycles. The Balaban J connectivity index is 1.46. The molecule has 0 saturated carbocycles. The van der Waals surface area contributed by atoms with Gasteiger partial charge in [0.2, 0.25) is 0 Å². The van der Waals surface area contributed by atoms with Crippen LogP contribution in [0.25, 0.3) is 16.7 Å². The lowest BCUT2D eigenvalue weighted by atomic mass is 10.1. The molecule has 0 aliphatic rings. The quantitative estimate of drug-likeness (QED) is 0.289. The van der Waals surface area contributed by atoms with Crippen molar-refractivity contribution in [3.8, 4) is 11.4 Å². The molecule has 0 radical (unpaired) electrons. The summed E-state index contributed by atoms with van der Waals surface area (Å²) in [7, 11) is 0. The number of carbonyl (C=O) groups excluding carboxylic acids is 1. The third-order valence-electron chi connectivity index (χ3n) is 5.66. The number of nitrogens with one attached hydrogen (secondary N) is 2. The van der Waals surface area contributed by atoms with E-state index in [-0.39, 0.29) is 17.1 Å². The summed E-state index contributed by atoms with van der Waals surface area (Å²) in [4.78, 5) is 14.3. The van der Waals surface area contributed by atoms with Gasteiger partial charge in [-0.15, -0.1) is 10.2 Å². The number of ether oxygens (including phenoxy) is 1. The number of amides is 1. The minimum absolute atomic E-state index is 0.0204. The predicted octanol–water partition coefficient (Wildman–Crippen LogP) is 5.99. The number of aromatic nitrogens is 3. The first-order valence-electron chi connectivity index (χ1n) is 12.2. The second kappa shape index (κ2) is 11.3. The van der Waals surface area contributed by atoms with Gasteiger partial charge in [0.05, 0.1) is 11.8 Å². The van der Waals surface area contributed by atoms with Gasteiger partial charge in [-0.3, -0.25) is 10.1 Å². The molecular weight excluding hydrogens is 470 g/mol. The highest BCUT2D eigenvalue weighted by atomic mass is 32.1. The number of thiocarbonyl (C=S) groups is 1. The van der Waals surface area contributed by atoms with Crippen molar-refractivity contribution in [2.24, 2.45) is 0 Å². The van der Waals surface area contributed by atoms with Crippen LogP contribution in [0.5, 0.6) is 5.75 Å². The van der Waals surface area contributed by atoms with Crippen molar-refractivity contribution in [2.45, 2.75) is 53.1 Å². The summed E-state index contributed by atoms with van der Waals surface area (Å²) in [5.41, 5.74) is 5.89. The van der Waals surface area contributed by atoms with Crippen LogP contribution in [0.2, 0.25) is 0 Å². The topological polar surface area (TPSA) is 81.1 Å². The van der Waals surface area contributed by atoms with Crippen LogP contribution in [-0.2, 0) is 6.42 Å². The van der Waals surface area contributed by atoms with Crippen molar-refractivity contribution in [1.82, 2.24) is 20.3 Å². The van der Waals surface area contributed by atoms with Gasteiger partial charge in [-0.2, -0.15) is 4.80 Å². The zero-order chi connectivity index (χ0) is 25.7. The summed E-state index contributed by atoms with van der Waals surface area (Å²) >= 11 is 5.41. The molecule has 0 atom stereocenters. The van der Waals surface area contributed by atoms with E-state index in [0.29, 0.717) is 11.3 Å². The summed E-state index contributed by atoms with van der Waals surface area (Å²) in [5, 5.41) is 15.3.